The van der Waals surface area contributed by atoms with Crippen LogP contribution in [0.5, 0.6) is 0 Å². The van der Waals surface area contributed by atoms with Gasteiger partial charge < -0.3 is 5.32 Å². The summed E-state index contributed by atoms with van der Waals surface area (Å²) >= 11 is 0. The highest BCUT2D eigenvalue weighted by atomic mass is 19.1. The average molecular weight is 281 g/mol. The zero-order chi connectivity index (χ0) is 14.7. The van der Waals surface area contributed by atoms with Gasteiger partial charge in [0.25, 0.3) is 0 Å². The Hall–Kier alpha value is -1.78. The Kier molecular flexibility index (Phi) is 4.47. The van der Waals surface area contributed by atoms with Crippen molar-refractivity contribution in [3.8, 4) is 0 Å². The lowest BCUT2D eigenvalue weighted by molar-refractivity contribution is -0.125. The second-order valence-corrected chi connectivity index (χ2v) is 5.17. The van der Waals surface area contributed by atoms with Crippen LogP contribution in [0.4, 0.5) is 8.78 Å². The Bertz CT molecular complexity index is 500. The van der Waals surface area contributed by atoms with Crippen molar-refractivity contribution >= 4 is 11.6 Å². The van der Waals surface area contributed by atoms with Crippen molar-refractivity contribution < 1.29 is 18.4 Å². The van der Waals surface area contributed by atoms with E-state index >= 15 is 0 Å². The van der Waals surface area contributed by atoms with Crippen LogP contribution in [-0.2, 0) is 9.59 Å². The van der Waals surface area contributed by atoms with E-state index in [9.17, 15) is 18.4 Å². The number of hydrogen-bond acceptors (Lipinski definition) is 3. The van der Waals surface area contributed by atoms with Crippen LogP contribution in [0.1, 0.15) is 32.6 Å². The van der Waals surface area contributed by atoms with E-state index in [1.165, 1.54) is 12.3 Å². The van der Waals surface area contributed by atoms with E-state index in [0.29, 0.717) is 18.5 Å². The van der Waals surface area contributed by atoms with Crippen molar-refractivity contribution in [2.75, 3.05) is 0 Å². The molecule has 0 radical (unpaired) electrons. The molecule has 0 saturated heterocycles. The zero-order valence-electron chi connectivity index (χ0n) is 11.3. The fourth-order valence-electron chi connectivity index (χ4n) is 2.40. The van der Waals surface area contributed by atoms with Gasteiger partial charge >= 0.3 is 0 Å². The molecule has 0 aromatic carbocycles. The van der Waals surface area contributed by atoms with Gasteiger partial charge in [-0.25, -0.2) is 8.78 Å². The molecule has 2 aliphatic rings. The van der Waals surface area contributed by atoms with Gasteiger partial charge in [0.05, 0.1) is 5.57 Å². The maximum absolute atomic E-state index is 13.1. The van der Waals surface area contributed by atoms with Crippen molar-refractivity contribution in [1.29, 1.82) is 0 Å². The van der Waals surface area contributed by atoms with E-state index in [1.807, 2.05) is 6.92 Å². The molecule has 0 heterocycles. The minimum absolute atomic E-state index is 0.0111. The normalized spacial score (nSPS) is 27.1. The van der Waals surface area contributed by atoms with E-state index in [-0.39, 0.29) is 29.5 Å². The lowest BCUT2D eigenvalue weighted by Crippen LogP contribution is -2.27. The van der Waals surface area contributed by atoms with Gasteiger partial charge in [0, 0.05) is 31.2 Å². The van der Waals surface area contributed by atoms with Crippen molar-refractivity contribution in [3.05, 3.63) is 35.4 Å². The van der Waals surface area contributed by atoms with Crippen LogP contribution in [0.2, 0.25) is 0 Å². The quantitative estimate of drug-likeness (QED) is 0.639. The van der Waals surface area contributed by atoms with Crippen molar-refractivity contribution in [1.82, 2.24) is 5.32 Å². The molecule has 3 nitrogen and oxygen atoms in total. The molecular weight excluding hydrogens is 264 g/mol. The Morgan fingerprint density at radius 2 is 1.95 bits per heavy atom. The number of alkyl halides is 1. The molecular formula is C15H17F2NO2. The predicted octanol–water partition coefficient (Wildman–Crippen LogP) is 2.90. The number of allylic oxidation sites excluding steroid dienone is 5. The largest absolute Gasteiger partial charge is 0.364 e. The summed E-state index contributed by atoms with van der Waals surface area (Å²) in [6.45, 7) is 1.95. The highest BCUT2D eigenvalue weighted by molar-refractivity contribution is 6.21. The predicted molar refractivity (Wildman–Crippen MR) is 71.0 cm³/mol. The van der Waals surface area contributed by atoms with E-state index in [4.69, 9.17) is 0 Å². The zero-order valence-corrected chi connectivity index (χ0v) is 11.3. The minimum Gasteiger partial charge on any atom is -0.364 e. The molecule has 0 aromatic rings. The molecule has 0 bridgehead atoms. The molecule has 2 rings (SSSR count). The molecule has 0 spiro atoms. The van der Waals surface area contributed by atoms with Crippen LogP contribution in [0.25, 0.3) is 0 Å². The molecule has 1 fully saturated rings. The molecule has 2 aliphatic carbocycles. The first-order valence-corrected chi connectivity index (χ1v) is 6.74. The fourth-order valence-corrected chi connectivity index (χ4v) is 2.40. The van der Waals surface area contributed by atoms with E-state index < -0.39 is 12.0 Å². The first-order valence-electron chi connectivity index (χ1n) is 6.74. The summed E-state index contributed by atoms with van der Waals surface area (Å²) in [7, 11) is 0. The first-order chi connectivity index (χ1) is 9.49. The van der Waals surface area contributed by atoms with Gasteiger partial charge in [-0.1, -0.05) is 13.3 Å². The number of nitrogens with one attached hydrogen (secondary N) is 1. The second kappa shape index (κ2) is 6.11. The number of hydrogen-bond donors (Lipinski definition) is 1. The van der Waals surface area contributed by atoms with Gasteiger partial charge in [-0.05, 0) is 18.1 Å². The van der Waals surface area contributed by atoms with Crippen LogP contribution in [0, 0.1) is 5.92 Å². The summed E-state index contributed by atoms with van der Waals surface area (Å²) in [5.41, 5.74) is 0.421. The van der Waals surface area contributed by atoms with E-state index in [1.54, 1.807) is 0 Å². The van der Waals surface area contributed by atoms with Crippen LogP contribution in [-0.4, -0.2) is 17.7 Å². The van der Waals surface area contributed by atoms with Gasteiger partial charge in [-0.2, -0.15) is 0 Å². The van der Waals surface area contributed by atoms with Gasteiger partial charge in [-0.15, -0.1) is 0 Å². The number of rotatable bonds is 3. The number of carbonyl (C=O) groups excluding carboxylic acids is 2. The van der Waals surface area contributed by atoms with Gasteiger partial charge in [0.2, 0.25) is 0 Å². The summed E-state index contributed by atoms with van der Waals surface area (Å²) in [5.74, 6) is -0.955. The Morgan fingerprint density at radius 3 is 2.50 bits per heavy atom. The highest BCUT2D eigenvalue weighted by Gasteiger charge is 2.29. The number of halogens is 2. The maximum atomic E-state index is 13.1. The standard InChI is InChI=1S/C15H17F2NO2/c1-2-9-3-14(19)13(15(20)4-9)8-18-12-6-10(16)5-11(17)7-12/h5-6,8-9,11,18H,2-4,7H2,1H3. The Morgan fingerprint density at radius 1 is 1.30 bits per heavy atom. The molecule has 1 atom stereocenters. The summed E-state index contributed by atoms with van der Waals surface area (Å²) in [6, 6.07) is 0. The summed E-state index contributed by atoms with van der Waals surface area (Å²) in [5, 5.41) is 2.68. The lowest BCUT2D eigenvalue weighted by Gasteiger charge is -2.21. The SMILES string of the molecule is CCC1CC(=O)C(=CNC2=CC(F)=CC(F)C2)C(=O)C1. The third-order valence-electron chi connectivity index (χ3n) is 3.60. The van der Waals surface area contributed by atoms with Gasteiger partial charge in [0.15, 0.2) is 11.6 Å². The van der Waals surface area contributed by atoms with Gasteiger partial charge in [-0.3, -0.25) is 9.59 Å². The summed E-state index contributed by atoms with van der Waals surface area (Å²) in [4.78, 5) is 23.7. The lowest BCUT2D eigenvalue weighted by atomic mass is 9.83. The first kappa shape index (κ1) is 14.6. The molecule has 5 heteroatoms. The van der Waals surface area contributed by atoms with Crippen molar-refractivity contribution in [2.45, 2.75) is 38.8 Å². The van der Waals surface area contributed by atoms with Crippen LogP contribution >= 0.6 is 0 Å². The molecule has 0 amide bonds. The summed E-state index contributed by atoms with van der Waals surface area (Å²) in [6.07, 6.45) is 3.47. The van der Waals surface area contributed by atoms with Crippen LogP contribution in [0.15, 0.2) is 35.4 Å². The number of Topliss-reactive ketones (excluding diaryl/α,β-unsaturated/α-hetero) is 2. The number of ketones is 2. The van der Waals surface area contributed by atoms with Crippen molar-refractivity contribution in [3.63, 3.8) is 0 Å². The molecule has 1 unspecified atom stereocenters. The third kappa shape index (κ3) is 3.40. The van der Waals surface area contributed by atoms with Crippen LogP contribution in [0.3, 0.4) is 0 Å². The average Bonchev–Trinajstić information content (AvgIpc) is 2.36. The Balaban J connectivity index is 2.06. The fraction of sp³-hybridized carbons (Fsp3) is 0.467. The molecule has 0 aromatic heterocycles. The summed E-state index contributed by atoms with van der Waals surface area (Å²) < 4.78 is 26.2. The van der Waals surface area contributed by atoms with Crippen molar-refractivity contribution in [2.24, 2.45) is 5.92 Å². The molecule has 0 aliphatic heterocycles. The molecule has 1 N–H and O–H groups in total. The topological polar surface area (TPSA) is 46.2 Å². The Labute approximate surface area is 116 Å². The molecule has 108 valence electrons. The molecule has 20 heavy (non-hydrogen) atoms. The third-order valence-corrected chi connectivity index (χ3v) is 3.60. The molecule has 1 saturated carbocycles. The van der Waals surface area contributed by atoms with E-state index in [2.05, 4.69) is 5.32 Å². The van der Waals surface area contributed by atoms with Gasteiger partial charge in [0.1, 0.15) is 12.0 Å². The second-order valence-electron chi connectivity index (χ2n) is 5.17. The van der Waals surface area contributed by atoms with E-state index in [0.717, 1.165) is 12.5 Å². The highest BCUT2D eigenvalue weighted by Crippen LogP contribution is 2.25. The maximum Gasteiger partial charge on any atom is 0.168 e. The number of carbonyl (C=O) groups is 2. The smallest absolute Gasteiger partial charge is 0.168 e. The minimum atomic E-state index is -1.39. The van der Waals surface area contributed by atoms with Crippen LogP contribution < -0.4 is 5.32 Å². The monoisotopic (exact) mass is 281 g/mol.